The van der Waals surface area contributed by atoms with Crippen molar-refractivity contribution < 1.29 is 38.5 Å². The summed E-state index contributed by atoms with van der Waals surface area (Å²) in [7, 11) is 4.92. The summed E-state index contributed by atoms with van der Waals surface area (Å²) in [5.74, 6) is -3.55. The molecule has 3 fully saturated rings. The average Bonchev–Trinajstić information content (AvgIpc) is 3.99. The first-order chi connectivity index (χ1) is 31.8. The highest BCUT2D eigenvalue weighted by molar-refractivity contribution is 7.22. The number of phenols is 1. The third-order valence-electron chi connectivity index (χ3n) is 14.2. The number of carbonyl (C=O) groups is 4. The molecule has 66 heavy (non-hydrogen) atoms. The number of hydrogen-bond acceptors (Lipinski definition) is 10. The lowest BCUT2D eigenvalue weighted by Gasteiger charge is -2.49. The number of aromatic hydroxyl groups is 1. The van der Waals surface area contributed by atoms with Gasteiger partial charge in [0.05, 0.1) is 54.6 Å². The molecule has 0 spiro atoms. The smallest absolute Gasteiger partial charge is 0.242 e. The largest absolute Gasteiger partial charge is 0.504 e. The molecule has 0 bridgehead atoms. The molecule has 4 amide bonds. The Morgan fingerprint density at radius 1 is 0.894 bits per heavy atom. The predicted octanol–water partition coefficient (Wildman–Crippen LogP) is 9.99. The minimum Gasteiger partial charge on any atom is -0.504 e. The number of ether oxygens (including phenoxy) is 3. The standard InChI is InChI=1S/C52H47ClN4O8S/c1-7-65-41-10-8-9-35(46(41)58)45-33-19-20-34-44(50(61)56(48(34)59)31-16-12-28(13-17-31)11-14-29-23-32(63-5)18-21-40(29)64-6)37(33)25-38-49(60)57(51(62)52(38,45)3)43-26-39(54-55(43)4)47-27(2)36-24-30(53)15-22-42(36)66-47/h8-19,21-24,26,34,37-38,44-45,58H,7,20,25H2,1-6H3/t34-,37+,38-,44-,45+,52+/m0/s1. The van der Waals surface area contributed by atoms with Crippen LogP contribution in [0.4, 0.5) is 11.5 Å². The number of aryl methyl sites for hydroxylation is 2. The molecule has 1 saturated carbocycles. The summed E-state index contributed by atoms with van der Waals surface area (Å²) in [5, 5.41) is 18.4. The van der Waals surface area contributed by atoms with Crippen LogP contribution in [-0.4, -0.2) is 59.3 Å². The molecule has 12 nitrogen and oxygen atoms in total. The number of hydrogen-bond donors (Lipinski definition) is 1. The van der Waals surface area contributed by atoms with Gasteiger partial charge in [-0.25, -0.2) is 4.90 Å². The van der Waals surface area contributed by atoms with Crippen LogP contribution in [0.2, 0.25) is 5.02 Å². The van der Waals surface area contributed by atoms with E-state index in [1.807, 2.05) is 80.6 Å². The Morgan fingerprint density at radius 2 is 1.68 bits per heavy atom. The maximum atomic E-state index is 15.4. The lowest BCUT2D eigenvalue weighted by atomic mass is 9.51. The van der Waals surface area contributed by atoms with E-state index in [1.54, 1.807) is 80.6 Å². The molecule has 2 aromatic heterocycles. The van der Waals surface area contributed by atoms with Crippen molar-refractivity contribution in [2.24, 2.45) is 36.1 Å². The van der Waals surface area contributed by atoms with E-state index in [2.05, 4.69) is 0 Å². The van der Waals surface area contributed by atoms with E-state index in [4.69, 9.17) is 30.9 Å². The minimum atomic E-state index is -1.40. The van der Waals surface area contributed by atoms with E-state index >= 15 is 9.59 Å². The van der Waals surface area contributed by atoms with Crippen molar-refractivity contribution in [3.63, 3.8) is 0 Å². The second-order valence-electron chi connectivity index (χ2n) is 17.5. The number of nitrogens with zero attached hydrogens (tertiary/aromatic N) is 4. The van der Waals surface area contributed by atoms with Gasteiger partial charge in [-0.1, -0.05) is 59.7 Å². The van der Waals surface area contributed by atoms with Gasteiger partial charge in [0.15, 0.2) is 11.5 Å². The zero-order valence-electron chi connectivity index (χ0n) is 37.2. The van der Waals surface area contributed by atoms with Gasteiger partial charge in [0.25, 0.3) is 0 Å². The third kappa shape index (κ3) is 6.57. The number of carbonyl (C=O) groups excluding carboxylic acids is 4. The van der Waals surface area contributed by atoms with Crippen LogP contribution in [0.3, 0.4) is 0 Å². The summed E-state index contributed by atoms with van der Waals surface area (Å²) in [6.45, 7) is 5.90. The van der Waals surface area contributed by atoms with Crippen LogP contribution in [0.15, 0.2) is 96.6 Å². The highest BCUT2D eigenvalue weighted by atomic mass is 35.5. The first-order valence-electron chi connectivity index (χ1n) is 21.9. The molecule has 4 aromatic carbocycles. The monoisotopic (exact) mass is 922 g/mol. The van der Waals surface area contributed by atoms with Crippen molar-refractivity contribution in [3.8, 4) is 33.6 Å². The van der Waals surface area contributed by atoms with Gasteiger partial charge in [-0.05, 0) is 111 Å². The van der Waals surface area contributed by atoms with E-state index in [-0.39, 0.29) is 42.8 Å². The number of halogens is 1. The quantitative estimate of drug-likeness (QED) is 0.0808. The lowest BCUT2D eigenvalue weighted by molar-refractivity contribution is -0.131. The van der Waals surface area contributed by atoms with Crippen molar-refractivity contribution in [2.45, 2.75) is 39.5 Å². The number of allylic oxidation sites excluding steroid dienone is 2. The van der Waals surface area contributed by atoms with Gasteiger partial charge >= 0.3 is 0 Å². The number of amides is 4. The molecule has 0 radical (unpaired) electrons. The van der Waals surface area contributed by atoms with Gasteiger partial charge in [0, 0.05) is 39.9 Å². The van der Waals surface area contributed by atoms with Gasteiger partial charge in [-0.15, -0.1) is 11.3 Å². The predicted molar refractivity (Wildman–Crippen MR) is 255 cm³/mol. The Morgan fingerprint density at radius 3 is 2.42 bits per heavy atom. The van der Waals surface area contributed by atoms with Crippen molar-refractivity contribution in [2.75, 3.05) is 30.6 Å². The number of benzene rings is 4. The molecule has 2 aliphatic carbocycles. The highest BCUT2D eigenvalue weighted by Gasteiger charge is 2.68. The molecule has 14 heteroatoms. The second kappa shape index (κ2) is 16.3. The molecule has 10 rings (SSSR count). The fraction of sp³-hybridized carbons (Fsp3) is 0.288. The van der Waals surface area contributed by atoms with Crippen molar-refractivity contribution in [3.05, 3.63) is 124 Å². The summed E-state index contributed by atoms with van der Waals surface area (Å²) in [6, 6.07) is 25.4. The van der Waals surface area contributed by atoms with Crippen LogP contribution in [0.1, 0.15) is 54.9 Å². The topological polar surface area (TPSA) is 140 Å². The number of thiophene rings is 1. The molecule has 4 aliphatic rings. The summed E-state index contributed by atoms with van der Waals surface area (Å²) in [4.78, 5) is 63.2. The third-order valence-corrected chi connectivity index (χ3v) is 15.7. The normalized spacial score (nSPS) is 23.7. The molecule has 6 aromatic rings. The van der Waals surface area contributed by atoms with E-state index in [0.29, 0.717) is 39.3 Å². The van der Waals surface area contributed by atoms with E-state index < -0.39 is 46.8 Å². The van der Waals surface area contributed by atoms with Crippen LogP contribution < -0.4 is 24.0 Å². The van der Waals surface area contributed by atoms with Gasteiger partial charge < -0.3 is 19.3 Å². The summed E-state index contributed by atoms with van der Waals surface area (Å²) < 4.78 is 19.4. The summed E-state index contributed by atoms with van der Waals surface area (Å²) >= 11 is 7.92. The summed E-state index contributed by atoms with van der Waals surface area (Å²) in [6.07, 6.45) is 6.20. The van der Waals surface area contributed by atoms with Gasteiger partial charge in [0.2, 0.25) is 23.6 Å². The average molecular weight is 923 g/mol. The minimum absolute atomic E-state index is 0.135. The van der Waals surface area contributed by atoms with Crippen molar-refractivity contribution in [1.29, 1.82) is 0 Å². The number of aromatic nitrogens is 2. The lowest BCUT2D eigenvalue weighted by Crippen LogP contribution is -2.49. The zero-order valence-corrected chi connectivity index (χ0v) is 38.8. The fourth-order valence-electron chi connectivity index (χ4n) is 11.0. The molecule has 2 saturated heterocycles. The number of para-hydroxylation sites is 1. The van der Waals surface area contributed by atoms with Gasteiger partial charge in [-0.3, -0.25) is 28.8 Å². The Balaban J connectivity index is 1.01. The van der Waals surface area contributed by atoms with Crippen LogP contribution in [-0.2, 0) is 26.2 Å². The molecule has 2 aliphatic heterocycles. The molecular formula is C52H47ClN4O8S. The summed E-state index contributed by atoms with van der Waals surface area (Å²) in [5.41, 5.74) is 3.47. The van der Waals surface area contributed by atoms with Gasteiger partial charge in [0.1, 0.15) is 23.0 Å². The molecule has 4 heterocycles. The zero-order chi connectivity index (χ0) is 46.3. The van der Waals surface area contributed by atoms with Crippen LogP contribution in [0.5, 0.6) is 23.0 Å². The Labute approximate surface area is 390 Å². The first kappa shape index (κ1) is 43.2. The number of phenolic OH excluding ortho intramolecular Hbond substituents is 1. The number of imide groups is 2. The number of anilines is 2. The van der Waals surface area contributed by atoms with Crippen LogP contribution in [0, 0.1) is 36.0 Å². The molecule has 0 unspecified atom stereocenters. The van der Waals surface area contributed by atoms with Crippen LogP contribution >= 0.6 is 22.9 Å². The maximum Gasteiger partial charge on any atom is 0.242 e. The van der Waals surface area contributed by atoms with E-state index in [0.717, 1.165) is 37.2 Å². The first-order valence-corrected chi connectivity index (χ1v) is 23.1. The van der Waals surface area contributed by atoms with Crippen molar-refractivity contribution in [1.82, 2.24) is 9.78 Å². The van der Waals surface area contributed by atoms with Crippen LogP contribution in [0.25, 0.3) is 32.8 Å². The van der Waals surface area contributed by atoms with E-state index in [1.165, 1.54) is 9.80 Å². The van der Waals surface area contributed by atoms with Gasteiger partial charge in [-0.2, -0.15) is 5.10 Å². The Hall–Kier alpha value is -6.70. The maximum absolute atomic E-state index is 15.4. The molecule has 1 N–H and O–H groups in total. The SMILES string of the molecule is CCOc1cccc([C@H]2C3=CC[C@@H]4C(=O)N(c5ccc(C=Cc6cc(OC)ccc6OC)cc5)C(=O)[C@@H]4[C@@H]3C[C@H]3C(=O)N(c4cc(-c5sc6ccc(Cl)cc6c5C)nn4C)C(=O)[C@@]23C)c1O. The molecule has 336 valence electrons. The highest BCUT2D eigenvalue weighted by Crippen LogP contribution is 2.65. The molecular weight excluding hydrogens is 876 g/mol. The number of methoxy groups -OCH3 is 2. The Kier molecular flexibility index (Phi) is 10.7. The number of rotatable bonds is 10. The number of fused-ring (bicyclic) bond motifs is 5. The molecule has 6 atom stereocenters. The van der Waals surface area contributed by atoms with E-state index in [9.17, 15) is 14.7 Å². The Bertz CT molecular complexity index is 3080. The van der Waals surface area contributed by atoms with Crippen molar-refractivity contribution >= 4 is 80.3 Å². The second-order valence-corrected chi connectivity index (χ2v) is 19.0. The fourth-order valence-corrected chi connectivity index (χ4v) is 12.3.